The van der Waals surface area contributed by atoms with E-state index in [4.69, 9.17) is 4.74 Å². The molecular formula is C17H20FNO. The molecule has 3 heteroatoms. The van der Waals surface area contributed by atoms with E-state index in [0.717, 1.165) is 12.0 Å². The number of rotatable bonds is 5. The van der Waals surface area contributed by atoms with Crippen molar-refractivity contribution in [2.75, 3.05) is 7.05 Å². The van der Waals surface area contributed by atoms with Gasteiger partial charge in [-0.15, -0.1) is 0 Å². The molecule has 2 rings (SSSR count). The molecule has 0 amide bonds. The van der Waals surface area contributed by atoms with Gasteiger partial charge in [0.1, 0.15) is 5.75 Å². The van der Waals surface area contributed by atoms with Crippen LogP contribution in [0.25, 0.3) is 0 Å². The van der Waals surface area contributed by atoms with Crippen LogP contribution in [0.3, 0.4) is 0 Å². The minimum atomic E-state index is -0.343. The van der Waals surface area contributed by atoms with Gasteiger partial charge in [-0.2, -0.15) is 0 Å². The number of aryl methyl sites for hydroxylation is 1. The summed E-state index contributed by atoms with van der Waals surface area (Å²) in [6.45, 7) is 4.08. The van der Waals surface area contributed by atoms with Crippen LogP contribution in [0, 0.1) is 5.82 Å². The van der Waals surface area contributed by atoms with Crippen LogP contribution < -0.4 is 10.1 Å². The van der Waals surface area contributed by atoms with E-state index in [0.29, 0.717) is 5.75 Å². The number of nitrogens with one attached hydrogen (secondary N) is 1. The van der Waals surface area contributed by atoms with Crippen LogP contribution in [0.15, 0.2) is 42.5 Å². The molecule has 1 atom stereocenters. The van der Waals surface area contributed by atoms with Crippen LogP contribution >= 0.6 is 0 Å². The van der Waals surface area contributed by atoms with Crippen molar-refractivity contribution in [3.05, 3.63) is 59.4 Å². The van der Waals surface area contributed by atoms with Crippen molar-refractivity contribution in [2.24, 2.45) is 0 Å². The summed E-state index contributed by atoms with van der Waals surface area (Å²) in [4.78, 5) is 0. The average molecular weight is 273 g/mol. The number of hydrogen-bond donors (Lipinski definition) is 1. The Balaban J connectivity index is 2.16. The van der Waals surface area contributed by atoms with Gasteiger partial charge in [-0.25, -0.2) is 4.39 Å². The van der Waals surface area contributed by atoms with Gasteiger partial charge >= 0.3 is 0 Å². The molecule has 0 aromatic heterocycles. The number of halogens is 1. The lowest BCUT2D eigenvalue weighted by Crippen LogP contribution is -2.12. The smallest absolute Gasteiger partial charge is 0.166 e. The minimum absolute atomic E-state index is 0.113. The standard InChI is InChI=1S/C17H20FNO/c1-4-13-5-8-15(9-6-13)20-17-10-7-14(11-16(17)18)12(2)19-3/h5-12,19H,4H2,1-3H3. The number of benzene rings is 2. The van der Waals surface area contributed by atoms with Gasteiger partial charge in [0.15, 0.2) is 11.6 Å². The van der Waals surface area contributed by atoms with Crippen molar-refractivity contribution in [1.82, 2.24) is 5.32 Å². The molecule has 0 radical (unpaired) electrons. The predicted octanol–water partition coefficient (Wildman–Crippen LogP) is 4.46. The van der Waals surface area contributed by atoms with E-state index < -0.39 is 0 Å². The van der Waals surface area contributed by atoms with Crippen LogP contribution in [0.2, 0.25) is 0 Å². The first-order chi connectivity index (χ1) is 9.63. The van der Waals surface area contributed by atoms with Crippen molar-refractivity contribution in [1.29, 1.82) is 0 Å². The van der Waals surface area contributed by atoms with E-state index in [2.05, 4.69) is 12.2 Å². The molecule has 0 aliphatic heterocycles. The van der Waals surface area contributed by atoms with Crippen molar-refractivity contribution >= 4 is 0 Å². The zero-order chi connectivity index (χ0) is 14.5. The molecule has 0 bridgehead atoms. The Bertz CT molecular complexity index is 566. The second-order valence-electron chi connectivity index (χ2n) is 4.80. The fourth-order valence-electron chi connectivity index (χ4n) is 1.96. The molecule has 0 aliphatic carbocycles. The maximum atomic E-state index is 14.0. The first-order valence-electron chi connectivity index (χ1n) is 6.87. The third kappa shape index (κ3) is 3.36. The maximum absolute atomic E-state index is 14.0. The molecule has 0 saturated carbocycles. The highest BCUT2D eigenvalue weighted by Crippen LogP contribution is 2.27. The first-order valence-corrected chi connectivity index (χ1v) is 6.87. The number of hydrogen-bond acceptors (Lipinski definition) is 2. The summed E-state index contributed by atoms with van der Waals surface area (Å²) in [5.41, 5.74) is 2.13. The molecule has 0 fully saturated rings. The topological polar surface area (TPSA) is 21.3 Å². The van der Waals surface area contributed by atoms with Gasteiger partial charge < -0.3 is 10.1 Å². The Labute approximate surface area is 119 Å². The predicted molar refractivity (Wildman–Crippen MR) is 79.8 cm³/mol. The Morgan fingerprint density at radius 2 is 1.85 bits per heavy atom. The zero-order valence-electron chi connectivity index (χ0n) is 12.1. The highest BCUT2D eigenvalue weighted by molar-refractivity contribution is 5.36. The number of ether oxygens (including phenoxy) is 1. The molecule has 2 aromatic carbocycles. The lowest BCUT2D eigenvalue weighted by Gasteiger charge is -2.13. The molecule has 20 heavy (non-hydrogen) atoms. The van der Waals surface area contributed by atoms with Crippen LogP contribution in [-0.4, -0.2) is 7.05 Å². The first kappa shape index (κ1) is 14.5. The highest BCUT2D eigenvalue weighted by atomic mass is 19.1. The molecular weight excluding hydrogens is 253 g/mol. The third-order valence-electron chi connectivity index (χ3n) is 3.45. The molecule has 2 nitrogen and oxygen atoms in total. The highest BCUT2D eigenvalue weighted by Gasteiger charge is 2.09. The monoisotopic (exact) mass is 273 g/mol. The van der Waals surface area contributed by atoms with Gasteiger partial charge in [-0.3, -0.25) is 0 Å². The average Bonchev–Trinajstić information content (AvgIpc) is 2.49. The quantitative estimate of drug-likeness (QED) is 0.868. The molecule has 0 heterocycles. The van der Waals surface area contributed by atoms with Gasteiger partial charge in [0.05, 0.1) is 0 Å². The Kier molecular flexibility index (Phi) is 4.74. The van der Waals surface area contributed by atoms with Crippen LogP contribution in [0.4, 0.5) is 4.39 Å². The summed E-state index contributed by atoms with van der Waals surface area (Å²) in [6.07, 6.45) is 0.977. The van der Waals surface area contributed by atoms with Crippen LogP contribution in [0.5, 0.6) is 11.5 Å². The summed E-state index contributed by atoms with van der Waals surface area (Å²) in [6, 6.07) is 12.9. The Morgan fingerprint density at radius 3 is 2.40 bits per heavy atom. The molecule has 1 N–H and O–H groups in total. The fourth-order valence-corrected chi connectivity index (χ4v) is 1.96. The Morgan fingerprint density at radius 1 is 1.15 bits per heavy atom. The maximum Gasteiger partial charge on any atom is 0.166 e. The van der Waals surface area contributed by atoms with Gasteiger partial charge in [-0.05, 0) is 55.8 Å². The van der Waals surface area contributed by atoms with Crippen molar-refractivity contribution in [3.63, 3.8) is 0 Å². The van der Waals surface area contributed by atoms with E-state index >= 15 is 0 Å². The molecule has 1 unspecified atom stereocenters. The van der Waals surface area contributed by atoms with E-state index in [9.17, 15) is 4.39 Å². The van der Waals surface area contributed by atoms with E-state index in [1.807, 2.05) is 44.3 Å². The molecule has 2 aromatic rings. The van der Waals surface area contributed by atoms with Crippen molar-refractivity contribution < 1.29 is 9.13 Å². The summed E-state index contributed by atoms with van der Waals surface area (Å²) in [5, 5.41) is 3.08. The summed E-state index contributed by atoms with van der Waals surface area (Å²) >= 11 is 0. The Hall–Kier alpha value is -1.87. The van der Waals surface area contributed by atoms with Crippen molar-refractivity contribution in [2.45, 2.75) is 26.3 Å². The fraction of sp³-hybridized carbons (Fsp3) is 0.294. The molecule has 0 spiro atoms. The normalized spacial score (nSPS) is 12.2. The third-order valence-corrected chi connectivity index (χ3v) is 3.45. The van der Waals surface area contributed by atoms with Gasteiger partial charge in [0.25, 0.3) is 0 Å². The molecule has 0 aliphatic rings. The lowest BCUT2D eigenvalue weighted by molar-refractivity contribution is 0.440. The second kappa shape index (κ2) is 6.53. The van der Waals surface area contributed by atoms with Gasteiger partial charge in [-0.1, -0.05) is 25.1 Å². The van der Waals surface area contributed by atoms with Gasteiger partial charge in [0, 0.05) is 6.04 Å². The summed E-state index contributed by atoms with van der Waals surface area (Å²) < 4.78 is 19.6. The second-order valence-corrected chi connectivity index (χ2v) is 4.80. The van der Waals surface area contributed by atoms with Crippen LogP contribution in [-0.2, 0) is 6.42 Å². The van der Waals surface area contributed by atoms with Crippen LogP contribution in [0.1, 0.15) is 31.0 Å². The summed E-state index contributed by atoms with van der Waals surface area (Å²) in [5.74, 6) is 0.556. The SMILES string of the molecule is CCc1ccc(Oc2ccc(C(C)NC)cc2F)cc1. The minimum Gasteiger partial charge on any atom is -0.454 e. The summed E-state index contributed by atoms with van der Waals surface area (Å²) in [7, 11) is 1.85. The van der Waals surface area contributed by atoms with E-state index in [-0.39, 0.29) is 17.6 Å². The largest absolute Gasteiger partial charge is 0.454 e. The zero-order valence-corrected chi connectivity index (χ0v) is 12.1. The van der Waals surface area contributed by atoms with Gasteiger partial charge in [0.2, 0.25) is 0 Å². The molecule has 0 saturated heterocycles. The molecule has 106 valence electrons. The van der Waals surface area contributed by atoms with Crippen molar-refractivity contribution in [3.8, 4) is 11.5 Å². The van der Waals surface area contributed by atoms with E-state index in [1.165, 1.54) is 11.6 Å². The van der Waals surface area contributed by atoms with E-state index in [1.54, 1.807) is 6.07 Å². The lowest BCUT2D eigenvalue weighted by atomic mass is 10.1.